The summed E-state index contributed by atoms with van der Waals surface area (Å²) in [5.74, 6) is -0.229. The molecule has 0 radical (unpaired) electrons. The Morgan fingerprint density at radius 1 is 0.971 bits per heavy atom. The Morgan fingerprint density at radius 2 is 1.59 bits per heavy atom. The van der Waals surface area contributed by atoms with Crippen molar-refractivity contribution in [3.63, 3.8) is 0 Å². The van der Waals surface area contributed by atoms with Crippen LogP contribution in [0.5, 0.6) is 0 Å². The lowest BCUT2D eigenvalue weighted by molar-refractivity contribution is -0.141. The maximum Gasteiger partial charge on any atom is 0.307 e. The molecule has 7 heteroatoms. The maximum absolute atomic E-state index is 11.1. The minimum Gasteiger partial charge on any atom is -0.481 e. The molecule has 1 saturated heterocycles. The van der Waals surface area contributed by atoms with Crippen LogP contribution in [0.25, 0.3) is 33.5 Å². The number of halogens is 1. The first-order valence-corrected chi connectivity index (χ1v) is 11.9. The number of aliphatic carboxylic acids is 1. The summed E-state index contributed by atoms with van der Waals surface area (Å²) in [6, 6.07) is 22.7. The van der Waals surface area contributed by atoms with Crippen molar-refractivity contribution in [2.75, 3.05) is 37.6 Å². The molecule has 1 aliphatic rings. The fourth-order valence-electron chi connectivity index (χ4n) is 4.46. The van der Waals surface area contributed by atoms with E-state index >= 15 is 0 Å². The van der Waals surface area contributed by atoms with Crippen molar-refractivity contribution in [3.05, 3.63) is 71.8 Å². The van der Waals surface area contributed by atoms with E-state index in [4.69, 9.17) is 16.7 Å². The summed E-state index contributed by atoms with van der Waals surface area (Å²) in [5, 5.41) is 9.82. The average Bonchev–Trinajstić information content (AvgIpc) is 3.28. The number of aromatic amines is 1. The second-order valence-electron chi connectivity index (χ2n) is 8.90. The van der Waals surface area contributed by atoms with Crippen molar-refractivity contribution in [2.45, 2.75) is 6.92 Å². The Morgan fingerprint density at radius 3 is 2.24 bits per heavy atom. The lowest BCUT2D eigenvalue weighted by atomic mass is 10.0. The molecule has 2 heterocycles. The molecule has 0 spiro atoms. The molecule has 3 aromatic carbocycles. The number of benzene rings is 3. The smallest absolute Gasteiger partial charge is 0.307 e. The average molecular weight is 475 g/mol. The quantitative estimate of drug-likeness (QED) is 0.392. The molecular formula is C27H27ClN4O2. The summed E-state index contributed by atoms with van der Waals surface area (Å²) in [5.41, 5.74) is 6.38. The number of rotatable bonds is 6. The Hall–Kier alpha value is -3.35. The summed E-state index contributed by atoms with van der Waals surface area (Å²) < 4.78 is 0. The predicted octanol–water partition coefficient (Wildman–Crippen LogP) is 5.39. The molecule has 0 bridgehead atoms. The molecule has 1 aliphatic heterocycles. The Kier molecular flexibility index (Phi) is 6.26. The third kappa shape index (κ3) is 4.79. The molecule has 174 valence electrons. The minimum absolute atomic E-state index is 0.331. The second kappa shape index (κ2) is 9.49. The van der Waals surface area contributed by atoms with Crippen LogP contribution < -0.4 is 4.90 Å². The molecule has 0 unspecified atom stereocenters. The van der Waals surface area contributed by atoms with E-state index in [1.54, 1.807) is 6.92 Å². The molecule has 4 aromatic rings. The van der Waals surface area contributed by atoms with E-state index in [2.05, 4.69) is 68.3 Å². The van der Waals surface area contributed by atoms with Crippen LogP contribution in [-0.2, 0) is 4.79 Å². The molecular weight excluding hydrogens is 448 g/mol. The lowest BCUT2D eigenvalue weighted by Gasteiger charge is -2.36. The van der Waals surface area contributed by atoms with Gasteiger partial charge in [0.1, 0.15) is 5.82 Å². The number of nitrogens with one attached hydrogen (secondary N) is 1. The molecule has 34 heavy (non-hydrogen) atoms. The number of H-pyrrole nitrogens is 1. The monoisotopic (exact) mass is 474 g/mol. The summed E-state index contributed by atoms with van der Waals surface area (Å²) in [4.78, 5) is 23.7. The van der Waals surface area contributed by atoms with Gasteiger partial charge < -0.3 is 15.0 Å². The number of nitrogens with zero attached hydrogens (tertiary/aromatic N) is 3. The molecule has 6 nitrogen and oxygen atoms in total. The molecule has 1 fully saturated rings. The van der Waals surface area contributed by atoms with Gasteiger partial charge in [-0.15, -0.1) is 0 Å². The number of imidazole rings is 1. The molecule has 0 amide bonds. The summed E-state index contributed by atoms with van der Waals surface area (Å²) in [6.07, 6.45) is 0. The first kappa shape index (κ1) is 22.4. The van der Waals surface area contributed by atoms with Gasteiger partial charge >= 0.3 is 5.97 Å². The number of fused-ring (bicyclic) bond motifs is 1. The van der Waals surface area contributed by atoms with E-state index in [0.717, 1.165) is 54.2 Å². The summed E-state index contributed by atoms with van der Waals surface area (Å²) >= 11 is 6.09. The van der Waals surface area contributed by atoms with Crippen molar-refractivity contribution in [2.24, 2.45) is 5.92 Å². The Balaban J connectivity index is 1.23. The fourth-order valence-corrected chi connectivity index (χ4v) is 4.63. The third-order valence-corrected chi connectivity index (χ3v) is 6.73. The van der Waals surface area contributed by atoms with Gasteiger partial charge in [0.25, 0.3) is 0 Å². The molecule has 1 atom stereocenters. The standard InChI is InChI=1S/C27H27ClN4O2/c1-18(27(33)34)17-31-12-14-32(15-13-31)23-9-6-20(7-10-23)19-2-4-21(5-3-19)26-29-24-11-8-22(28)16-25(24)30-26/h2-11,16,18H,12-15,17H2,1H3,(H,29,30)(H,33,34)/t18-/m1/s1. The van der Waals surface area contributed by atoms with Crippen molar-refractivity contribution < 1.29 is 9.90 Å². The van der Waals surface area contributed by atoms with Gasteiger partial charge in [-0.05, 0) is 41.5 Å². The molecule has 0 saturated carbocycles. The van der Waals surface area contributed by atoms with Gasteiger partial charge in [-0.2, -0.15) is 0 Å². The molecule has 0 aliphatic carbocycles. The zero-order valence-electron chi connectivity index (χ0n) is 19.0. The van der Waals surface area contributed by atoms with Gasteiger partial charge in [0.2, 0.25) is 0 Å². The van der Waals surface area contributed by atoms with Crippen molar-refractivity contribution in [1.29, 1.82) is 0 Å². The highest BCUT2D eigenvalue weighted by Gasteiger charge is 2.21. The Labute approximate surface area is 203 Å². The predicted molar refractivity (Wildman–Crippen MR) is 137 cm³/mol. The largest absolute Gasteiger partial charge is 0.481 e. The van der Waals surface area contributed by atoms with Crippen molar-refractivity contribution in [1.82, 2.24) is 14.9 Å². The van der Waals surface area contributed by atoms with Crippen LogP contribution in [0.4, 0.5) is 5.69 Å². The van der Waals surface area contributed by atoms with E-state index in [1.807, 2.05) is 18.2 Å². The van der Waals surface area contributed by atoms with Crippen molar-refractivity contribution >= 4 is 34.3 Å². The van der Waals surface area contributed by atoms with Gasteiger partial charge in [-0.3, -0.25) is 9.69 Å². The topological polar surface area (TPSA) is 72.5 Å². The summed E-state index contributed by atoms with van der Waals surface area (Å²) in [7, 11) is 0. The summed E-state index contributed by atoms with van der Waals surface area (Å²) in [6.45, 7) is 5.96. The van der Waals surface area contributed by atoms with Crippen LogP contribution >= 0.6 is 11.6 Å². The highest BCUT2D eigenvalue weighted by Crippen LogP contribution is 2.28. The van der Waals surface area contributed by atoms with Gasteiger partial charge in [0.05, 0.1) is 17.0 Å². The van der Waals surface area contributed by atoms with Crippen LogP contribution in [0, 0.1) is 5.92 Å². The number of anilines is 1. The van der Waals surface area contributed by atoms with Gasteiger partial charge in [0, 0.05) is 49.0 Å². The molecule has 2 N–H and O–H groups in total. The fraction of sp³-hybridized carbons (Fsp3) is 0.259. The van der Waals surface area contributed by atoms with Crippen LogP contribution in [-0.4, -0.2) is 58.7 Å². The van der Waals surface area contributed by atoms with E-state index in [9.17, 15) is 4.79 Å². The number of hydrogen-bond acceptors (Lipinski definition) is 4. The molecule has 1 aromatic heterocycles. The second-order valence-corrected chi connectivity index (χ2v) is 9.33. The van der Waals surface area contributed by atoms with Gasteiger partial charge in [-0.25, -0.2) is 4.98 Å². The van der Waals surface area contributed by atoms with Crippen LogP contribution in [0.1, 0.15) is 6.92 Å². The number of piperazine rings is 1. The molecule has 5 rings (SSSR count). The Bertz CT molecular complexity index is 1290. The zero-order valence-corrected chi connectivity index (χ0v) is 19.8. The third-order valence-electron chi connectivity index (χ3n) is 6.49. The van der Waals surface area contributed by atoms with E-state index < -0.39 is 5.97 Å². The van der Waals surface area contributed by atoms with Crippen LogP contribution in [0.15, 0.2) is 66.7 Å². The van der Waals surface area contributed by atoms with Gasteiger partial charge in [0.15, 0.2) is 0 Å². The number of carboxylic acid groups (broad SMARTS) is 1. The first-order valence-electron chi connectivity index (χ1n) is 11.5. The lowest BCUT2D eigenvalue weighted by Crippen LogP contribution is -2.48. The highest BCUT2D eigenvalue weighted by molar-refractivity contribution is 6.31. The number of hydrogen-bond donors (Lipinski definition) is 2. The number of carbonyl (C=O) groups is 1. The van der Waals surface area contributed by atoms with E-state index in [0.29, 0.717) is 11.6 Å². The van der Waals surface area contributed by atoms with Gasteiger partial charge in [-0.1, -0.05) is 54.9 Å². The number of aromatic nitrogens is 2. The number of carboxylic acids is 1. The van der Waals surface area contributed by atoms with E-state index in [1.165, 1.54) is 11.3 Å². The first-order chi connectivity index (χ1) is 16.5. The SMILES string of the molecule is C[C@H](CN1CCN(c2ccc(-c3ccc(-c4nc5ccc(Cl)cc5[nH]4)cc3)cc2)CC1)C(=O)O. The normalized spacial score (nSPS) is 15.5. The maximum atomic E-state index is 11.1. The van der Waals surface area contributed by atoms with Crippen LogP contribution in [0.2, 0.25) is 5.02 Å². The van der Waals surface area contributed by atoms with Crippen molar-refractivity contribution in [3.8, 4) is 22.5 Å². The highest BCUT2D eigenvalue weighted by atomic mass is 35.5. The zero-order chi connectivity index (χ0) is 23.7. The minimum atomic E-state index is -0.728. The van der Waals surface area contributed by atoms with Crippen LogP contribution in [0.3, 0.4) is 0 Å². The van der Waals surface area contributed by atoms with E-state index in [-0.39, 0.29) is 5.92 Å².